The maximum atomic E-state index is 4.76. The summed E-state index contributed by atoms with van der Waals surface area (Å²) in [6.07, 6.45) is 6.05. The standard InChI is InChI=1S/C19H22N4.ClH/c1-13-6-8-15(9-7-13)16-12-17-18(22-16)19(21-14(2)20-17)23-10-4-3-5-11-23;/h6-9,12,22H,3-5,10-11H2,1-2H3;1H. The highest BCUT2D eigenvalue weighted by Gasteiger charge is 2.28. The number of halogens is 1. The molecule has 2 aliphatic rings. The van der Waals surface area contributed by atoms with Crippen molar-refractivity contribution in [2.75, 3.05) is 18.0 Å². The highest BCUT2D eigenvalue weighted by atomic mass is 35.5. The van der Waals surface area contributed by atoms with Crippen molar-refractivity contribution in [3.8, 4) is 0 Å². The molecule has 24 heavy (non-hydrogen) atoms. The van der Waals surface area contributed by atoms with Crippen LogP contribution in [0.15, 0.2) is 24.3 Å². The number of rotatable bonds is 2. The van der Waals surface area contributed by atoms with Crippen LogP contribution in [0.25, 0.3) is 11.8 Å². The number of piperidine rings is 1. The fraction of sp³-hybridized carbons (Fsp3) is 0.368. The SMILES string of the molecule is Cc1ccc(C2=Cc3nc(C)nc(N4CCCCC4)c3[NH2+]2)cc1.[Cl-]. The van der Waals surface area contributed by atoms with Gasteiger partial charge in [0.05, 0.1) is 0 Å². The van der Waals surface area contributed by atoms with Crippen LogP contribution in [0.5, 0.6) is 0 Å². The minimum Gasteiger partial charge on any atom is -1.00 e. The number of quaternary nitrogens is 1. The Labute approximate surface area is 149 Å². The van der Waals surface area contributed by atoms with Gasteiger partial charge in [-0.25, -0.2) is 9.97 Å². The number of aromatic nitrogens is 2. The zero-order valence-electron chi connectivity index (χ0n) is 14.2. The maximum absolute atomic E-state index is 4.76. The summed E-state index contributed by atoms with van der Waals surface area (Å²) >= 11 is 0. The number of fused-ring (bicyclic) bond motifs is 1. The zero-order valence-corrected chi connectivity index (χ0v) is 15.0. The summed E-state index contributed by atoms with van der Waals surface area (Å²) in [5.74, 6) is 1.98. The number of benzene rings is 1. The Balaban J connectivity index is 0.00000169. The minimum atomic E-state index is 0. The highest BCUT2D eigenvalue weighted by molar-refractivity contribution is 5.86. The fourth-order valence-corrected chi connectivity index (χ4v) is 3.44. The second kappa shape index (κ2) is 6.91. The molecule has 1 fully saturated rings. The van der Waals surface area contributed by atoms with E-state index in [9.17, 15) is 0 Å². The van der Waals surface area contributed by atoms with E-state index in [1.54, 1.807) is 0 Å². The van der Waals surface area contributed by atoms with Gasteiger partial charge in [-0.2, -0.15) is 0 Å². The number of nitrogens with zero attached hydrogens (tertiary/aromatic N) is 3. The monoisotopic (exact) mass is 342 g/mol. The molecule has 126 valence electrons. The van der Waals surface area contributed by atoms with Crippen molar-refractivity contribution in [3.63, 3.8) is 0 Å². The highest BCUT2D eigenvalue weighted by Crippen LogP contribution is 2.31. The number of hydrogen-bond donors (Lipinski definition) is 1. The molecule has 4 nitrogen and oxygen atoms in total. The summed E-state index contributed by atoms with van der Waals surface area (Å²) in [6.45, 7) is 6.33. The topological polar surface area (TPSA) is 45.6 Å². The molecule has 0 spiro atoms. The molecule has 2 aliphatic heterocycles. The molecule has 1 aromatic heterocycles. The first-order chi connectivity index (χ1) is 11.2. The zero-order chi connectivity index (χ0) is 15.8. The number of anilines is 1. The molecule has 0 atom stereocenters. The third-order valence-electron chi connectivity index (χ3n) is 4.70. The average Bonchev–Trinajstić information content (AvgIpc) is 2.99. The summed E-state index contributed by atoms with van der Waals surface area (Å²) in [6, 6.07) is 8.69. The first-order valence-electron chi connectivity index (χ1n) is 8.48. The van der Waals surface area contributed by atoms with E-state index >= 15 is 0 Å². The first-order valence-corrected chi connectivity index (χ1v) is 8.48. The molecule has 0 aliphatic carbocycles. The van der Waals surface area contributed by atoms with Crippen LogP contribution in [0.3, 0.4) is 0 Å². The van der Waals surface area contributed by atoms with Gasteiger partial charge in [0.25, 0.3) is 0 Å². The van der Waals surface area contributed by atoms with Crippen LogP contribution in [0.4, 0.5) is 11.5 Å². The van der Waals surface area contributed by atoms with E-state index in [1.165, 1.54) is 41.8 Å². The third kappa shape index (κ3) is 3.17. The molecule has 0 bridgehead atoms. The van der Waals surface area contributed by atoms with Gasteiger partial charge in [0.1, 0.15) is 17.2 Å². The molecule has 0 amide bonds. The molecule has 0 unspecified atom stereocenters. The molecule has 4 rings (SSSR count). The van der Waals surface area contributed by atoms with E-state index < -0.39 is 0 Å². The van der Waals surface area contributed by atoms with Crippen molar-refractivity contribution >= 4 is 23.3 Å². The molecular weight excluding hydrogens is 320 g/mol. The van der Waals surface area contributed by atoms with Gasteiger partial charge in [-0.05, 0) is 45.2 Å². The van der Waals surface area contributed by atoms with Crippen LogP contribution in [0.1, 0.15) is 41.9 Å². The predicted octanol–water partition coefficient (Wildman–Crippen LogP) is -0.206. The maximum Gasteiger partial charge on any atom is 0.203 e. The summed E-state index contributed by atoms with van der Waals surface area (Å²) < 4.78 is 0. The van der Waals surface area contributed by atoms with Crippen LogP contribution in [0, 0.1) is 13.8 Å². The van der Waals surface area contributed by atoms with Gasteiger partial charge in [-0.15, -0.1) is 0 Å². The molecular formula is C19H23ClN4. The van der Waals surface area contributed by atoms with Gasteiger partial charge < -0.3 is 17.3 Å². The Hall–Kier alpha value is -1.91. The predicted molar refractivity (Wildman–Crippen MR) is 93.5 cm³/mol. The molecule has 3 heterocycles. The first kappa shape index (κ1) is 16.9. The smallest absolute Gasteiger partial charge is 0.203 e. The van der Waals surface area contributed by atoms with Gasteiger partial charge in [-0.1, -0.05) is 17.7 Å². The second-order valence-corrected chi connectivity index (χ2v) is 6.55. The van der Waals surface area contributed by atoms with Crippen molar-refractivity contribution < 1.29 is 17.7 Å². The van der Waals surface area contributed by atoms with Gasteiger partial charge >= 0.3 is 0 Å². The third-order valence-corrected chi connectivity index (χ3v) is 4.70. The quantitative estimate of drug-likeness (QED) is 0.822. The van der Waals surface area contributed by atoms with Crippen molar-refractivity contribution in [2.45, 2.75) is 33.1 Å². The molecule has 0 radical (unpaired) electrons. The lowest BCUT2D eigenvalue weighted by atomic mass is 10.1. The Bertz CT molecular complexity index is 762. The van der Waals surface area contributed by atoms with Gasteiger partial charge in [-0.3, -0.25) is 5.32 Å². The van der Waals surface area contributed by atoms with Crippen molar-refractivity contribution in [3.05, 3.63) is 46.9 Å². The van der Waals surface area contributed by atoms with Crippen LogP contribution < -0.4 is 22.6 Å². The van der Waals surface area contributed by atoms with Gasteiger partial charge in [0.15, 0.2) is 5.82 Å². The summed E-state index contributed by atoms with van der Waals surface area (Å²) in [7, 11) is 0. The largest absolute Gasteiger partial charge is 1.00 e. The Morgan fingerprint density at radius 3 is 2.38 bits per heavy atom. The lowest BCUT2D eigenvalue weighted by molar-refractivity contribution is -0.464. The number of aryl methyl sites for hydroxylation is 2. The van der Waals surface area contributed by atoms with E-state index in [4.69, 9.17) is 4.98 Å². The Kier molecular flexibility index (Phi) is 4.88. The molecule has 5 heteroatoms. The van der Waals surface area contributed by atoms with Crippen LogP contribution >= 0.6 is 0 Å². The second-order valence-electron chi connectivity index (χ2n) is 6.55. The molecule has 1 aromatic carbocycles. The van der Waals surface area contributed by atoms with Crippen molar-refractivity contribution in [2.24, 2.45) is 0 Å². The van der Waals surface area contributed by atoms with Crippen LogP contribution in [-0.4, -0.2) is 23.1 Å². The van der Waals surface area contributed by atoms with Crippen molar-refractivity contribution in [1.82, 2.24) is 9.97 Å². The van der Waals surface area contributed by atoms with E-state index in [1.807, 2.05) is 6.92 Å². The van der Waals surface area contributed by atoms with Crippen LogP contribution in [0.2, 0.25) is 0 Å². The van der Waals surface area contributed by atoms with Crippen molar-refractivity contribution in [1.29, 1.82) is 0 Å². The van der Waals surface area contributed by atoms with E-state index in [2.05, 4.69) is 52.5 Å². The lowest BCUT2D eigenvalue weighted by Crippen LogP contribution is -3.00. The van der Waals surface area contributed by atoms with E-state index in [0.717, 1.165) is 30.4 Å². The van der Waals surface area contributed by atoms with Crippen LogP contribution in [-0.2, 0) is 0 Å². The molecule has 1 saturated heterocycles. The molecule has 0 saturated carbocycles. The van der Waals surface area contributed by atoms with E-state index in [-0.39, 0.29) is 12.4 Å². The summed E-state index contributed by atoms with van der Waals surface area (Å²) in [5, 5.41) is 2.25. The Morgan fingerprint density at radius 2 is 1.67 bits per heavy atom. The fourth-order valence-electron chi connectivity index (χ4n) is 3.44. The van der Waals surface area contributed by atoms with Gasteiger partial charge in [0.2, 0.25) is 5.69 Å². The summed E-state index contributed by atoms with van der Waals surface area (Å²) in [5.41, 5.74) is 6.02. The normalized spacial score (nSPS) is 16.4. The summed E-state index contributed by atoms with van der Waals surface area (Å²) in [4.78, 5) is 11.8. The number of nitrogens with two attached hydrogens (primary N) is 1. The molecule has 2 aromatic rings. The molecule has 2 N–H and O–H groups in total. The van der Waals surface area contributed by atoms with E-state index in [0.29, 0.717) is 0 Å². The minimum absolute atomic E-state index is 0. The Morgan fingerprint density at radius 1 is 0.958 bits per heavy atom. The number of hydrogen-bond acceptors (Lipinski definition) is 3. The van der Waals surface area contributed by atoms with Gasteiger partial charge in [0, 0.05) is 24.7 Å². The average molecular weight is 343 g/mol. The lowest BCUT2D eigenvalue weighted by Gasteiger charge is -2.28.